The molecule has 132 valence electrons. The summed E-state index contributed by atoms with van der Waals surface area (Å²) in [4.78, 5) is 22.5. The monoisotopic (exact) mass is 354 g/mol. The van der Waals surface area contributed by atoms with E-state index >= 15 is 0 Å². The summed E-state index contributed by atoms with van der Waals surface area (Å²) in [5.41, 5.74) is 1.33. The third kappa shape index (κ3) is 4.01. The molecule has 0 saturated carbocycles. The van der Waals surface area contributed by atoms with Gasteiger partial charge in [-0.15, -0.1) is 5.10 Å². The van der Waals surface area contributed by atoms with Crippen molar-refractivity contribution in [3.63, 3.8) is 0 Å². The molecule has 1 heterocycles. The van der Waals surface area contributed by atoms with Gasteiger partial charge < -0.3 is 14.5 Å². The molecule has 0 atom stereocenters. The summed E-state index contributed by atoms with van der Waals surface area (Å²) >= 11 is 0. The number of ether oxygens (including phenoxy) is 1. The van der Waals surface area contributed by atoms with Crippen LogP contribution in [0, 0.1) is 17.0 Å². The molecule has 0 unspecified atom stereocenters. The van der Waals surface area contributed by atoms with Gasteiger partial charge in [-0.25, -0.2) is 0 Å². The van der Waals surface area contributed by atoms with Gasteiger partial charge in [-0.2, -0.15) is 0 Å². The molecule has 0 bridgehead atoms. The molecule has 0 aliphatic rings. The van der Waals surface area contributed by atoms with Crippen LogP contribution in [0.2, 0.25) is 0 Å². The normalized spacial score (nSPS) is 10.3. The summed E-state index contributed by atoms with van der Waals surface area (Å²) < 4.78 is 10.5. The Morgan fingerprint density at radius 3 is 2.73 bits per heavy atom. The number of nitro groups is 1. The molecule has 0 aliphatic carbocycles. The third-order valence-electron chi connectivity index (χ3n) is 3.38. The number of rotatable bonds is 6. The quantitative estimate of drug-likeness (QED) is 0.533. The van der Waals surface area contributed by atoms with Gasteiger partial charge in [0.2, 0.25) is 0 Å². The van der Waals surface area contributed by atoms with E-state index in [1.807, 2.05) is 18.2 Å². The van der Waals surface area contributed by atoms with Crippen molar-refractivity contribution in [3.8, 4) is 17.5 Å². The number of aromatic nitrogens is 2. The zero-order valence-corrected chi connectivity index (χ0v) is 13.7. The summed E-state index contributed by atoms with van der Waals surface area (Å²) in [6.45, 7) is 1.29. The first-order valence-corrected chi connectivity index (χ1v) is 7.59. The van der Waals surface area contributed by atoms with Crippen LogP contribution in [0.5, 0.6) is 6.08 Å². The van der Waals surface area contributed by atoms with E-state index in [4.69, 9.17) is 9.15 Å². The van der Waals surface area contributed by atoms with Crippen molar-refractivity contribution in [2.75, 3.05) is 11.9 Å². The fourth-order valence-corrected chi connectivity index (χ4v) is 2.18. The lowest BCUT2D eigenvalue weighted by Gasteiger charge is -2.06. The highest BCUT2D eigenvalue weighted by Gasteiger charge is 2.17. The van der Waals surface area contributed by atoms with Crippen molar-refractivity contribution in [1.29, 1.82) is 0 Å². The number of carbonyl (C=O) groups is 1. The van der Waals surface area contributed by atoms with Crippen molar-refractivity contribution in [1.82, 2.24) is 10.2 Å². The number of hydrogen-bond donors (Lipinski definition) is 1. The van der Waals surface area contributed by atoms with Crippen molar-refractivity contribution in [3.05, 3.63) is 64.2 Å². The first kappa shape index (κ1) is 17.1. The maximum Gasteiger partial charge on any atom is 0.415 e. The van der Waals surface area contributed by atoms with Crippen LogP contribution in [-0.4, -0.2) is 27.6 Å². The number of nitrogens with one attached hydrogen (secondary N) is 1. The Hall–Kier alpha value is -3.75. The average Bonchev–Trinajstić information content (AvgIpc) is 3.11. The van der Waals surface area contributed by atoms with Gasteiger partial charge >= 0.3 is 6.08 Å². The maximum absolute atomic E-state index is 12.0. The lowest BCUT2D eigenvalue weighted by Crippen LogP contribution is -2.20. The summed E-state index contributed by atoms with van der Waals surface area (Å²) in [5, 5.41) is 21.0. The number of aryl methyl sites for hydroxylation is 1. The molecule has 1 N–H and O–H groups in total. The molecule has 1 aromatic heterocycles. The largest absolute Gasteiger partial charge is 0.439 e. The maximum atomic E-state index is 12.0. The molecule has 3 rings (SSSR count). The van der Waals surface area contributed by atoms with Gasteiger partial charge in [-0.3, -0.25) is 14.9 Å². The first-order chi connectivity index (χ1) is 12.5. The molecule has 9 nitrogen and oxygen atoms in total. The van der Waals surface area contributed by atoms with Gasteiger partial charge in [0.05, 0.1) is 4.92 Å². The van der Waals surface area contributed by atoms with Crippen LogP contribution in [0.15, 0.2) is 52.9 Å². The van der Waals surface area contributed by atoms with Gasteiger partial charge in [0.1, 0.15) is 5.69 Å². The number of nitrogens with zero attached hydrogens (tertiary/aromatic N) is 3. The predicted molar refractivity (Wildman–Crippen MR) is 91.7 cm³/mol. The van der Waals surface area contributed by atoms with Crippen LogP contribution >= 0.6 is 0 Å². The second-order valence-corrected chi connectivity index (χ2v) is 5.35. The molecule has 26 heavy (non-hydrogen) atoms. The Bertz CT molecular complexity index is 939. The average molecular weight is 354 g/mol. The SMILES string of the molecule is Cc1ccc(NC(=O)COc2nnc(-c3ccccc3)o2)c([N+](=O)[O-])c1. The van der Waals surface area contributed by atoms with Crippen LogP contribution in [0.25, 0.3) is 11.5 Å². The van der Waals surface area contributed by atoms with E-state index < -0.39 is 17.4 Å². The summed E-state index contributed by atoms with van der Waals surface area (Å²) in [6, 6.07) is 13.6. The molecule has 0 aliphatic heterocycles. The second kappa shape index (κ2) is 7.43. The van der Waals surface area contributed by atoms with Crippen LogP contribution < -0.4 is 10.1 Å². The lowest BCUT2D eigenvalue weighted by atomic mass is 10.2. The van der Waals surface area contributed by atoms with Crippen LogP contribution in [0.3, 0.4) is 0 Å². The summed E-state index contributed by atoms with van der Waals surface area (Å²) in [5.74, 6) is -0.327. The molecule has 1 amide bonds. The Morgan fingerprint density at radius 2 is 2.00 bits per heavy atom. The zero-order valence-electron chi connectivity index (χ0n) is 13.7. The third-order valence-corrected chi connectivity index (χ3v) is 3.38. The number of amides is 1. The molecular formula is C17H14N4O5. The number of benzene rings is 2. The minimum absolute atomic E-state index is 0.0877. The minimum atomic E-state index is -0.587. The Balaban J connectivity index is 1.62. The topological polar surface area (TPSA) is 120 Å². The Labute approximate surface area is 147 Å². The number of anilines is 1. The van der Waals surface area contributed by atoms with Crippen molar-refractivity contribution >= 4 is 17.3 Å². The van der Waals surface area contributed by atoms with Crippen LogP contribution in [0.4, 0.5) is 11.4 Å². The minimum Gasteiger partial charge on any atom is -0.439 e. The highest BCUT2D eigenvalue weighted by atomic mass is 16.6. The van der Waals surface area contributed by atoms with Crippen LogP contribution in [-0.2, 0) is 4.79 Å². The molecular weight excluding hydrogens is 340 g/mol. The molecule has 2 aromatic carbocycles. The smallest absolute Gasteiger partial charge is 0.415 e. The van der Waals surface area contributed by atoms with Crippen molar-refractivity contribution in [2.24, 2.45) is 0 Å². The zero-order chi connectivity index (χ0) is 18.5. The fraction of sp³-hybridized carbons (Fsp3) is 0.118. The van der Waals surface area contributed by atoms with Gasteiger partial charge in [0.25, 0.3) is 17.5 Å². The highest BCUT2D eigenvalue weighted by molar-refractivity contribution is 5.94. The summed E-state index contributed by atoms with van der Waals surface area (Å²) in [6.07, 6.45) is -0.169. The van der Waals surface area contributed by atoms with E-state index in [1.54, 1.807) is 25.1 Å². The number of hydrogen-bond acceptors (Lipinski definition) is 7. The number of carbonyl (C=O) groups excluding carboxylic acids is 1. The van der Waals surface area contributed by atoms with E-state index in [0.29, 0.717) is 5.56 Å². The van der Waals surface area contributed by atoms with Crippen molar-refractivity contribution in [2.45, 2.75) is 6.92 Å². The number of nitro benzene ring substituents is 1. The van der Waals surface area contributed by atoms with Crippen molar-refractivity contribution < 1.29 is 18.9 Å². The van der Waals surface area contributed by atoms with Gasteiger partial charge in [0.15, 0.2) is 6.61 Å². The lowest BCUT2D eigenvalue weighted by molar-refractivity contribution is -0.384. The molecule has 0 saturated heterocycles. The fourth-order valence-electron chi connectivity index (χ4n) is 2.18. The van der Waals surface area contributed by atoms with E-state index in [1.165, 1.54) is 12.1 Å². The van der Waals surface area contributed by atoms with Crippen LogP contribution in [0.1, 0.15) is 5.56 Å². The first-order valence-electron chi connectivity index (χ1n) is 7.59. The Kier molecular flexibility index (Phi) is 4.88. The van der Waals surface area contributed by atoms with E-state index in [-0.39, 0.29) is 23.3 Å². The van der Waals surface area contributed by atoms with Gasteiger partial charge in [-0.1, -0.05) is 29.4 Å². The van der Waals surface area contributed by atoms with E-state index in [0.717, 1.165) is 5.56 Å². The summed E-state index contributed by atoms with van der Waals surface area (Å²) in [7, 11) is 0. The highest BCUT2D eigenvalue weighted by Crippen LogP contribution is 2.25. The molecule has 3 aromatic rings. The standard InChI is InChI=1S/C17H14N4O5/c1-11-7-8-13(14(9-11)21(23)24)18-15(22)10-25-17-20-19-16(26-17)12-5-3-2-4-6-12/h2-9H,10H2,1H3,(H,18,22). The molecule has 0 fully saturated rings. The molecule has 0 spiro atoms. The molecule has 0 radical (unpaired) electrons. The van der Waals surface area contributed by atoms with E-state index in [2.05, 4.69) is 15.5 Å². The predicted octanol–water partition coefficient (Wildman–Crippen LogP) is 2.97. The van der Waals surface area contributed by atoms with Gasteiger partial charge in [-0.05, 0) is 30.7 Å². The molecule has 9 heteroatoms. The second-order valence-electron chi connectivity index (χ2n) is 5.35. The van der Waals surface area contributed by atoms with Gasteiger partial charge in [0, 0.05) is 11.6 Å². The van der Waals surface area contributed by atoms with E-state index in [9.17, 15) is 14.9 Å². The Morgan fingerprint density at radius 1 is 1.23 bits per heavy atom.